The van der Waals surface area contributed by atoms with Crippen LogP contribution >= 0.6 is 0 Å². The van der Waals surface area contributed by atoms with Crippen LogP contribution in [0.3, 0.4) is 0 Å². The van der Waals surface area contributed by atoms with Crippen LogP contribution in [0.2, 0.25) is 0 Å². The van der Waals surface area contributed by atoms with Crippen molar-refractivity contribution in [1.29, 1.82) is 0 Å². The number of hydrogen-bond donors (Lipinski definition) is 2. The van der Waals surface area contributed by atoms with Gasteiger partial charge in [0.05, 0.1) is 11.6 Å². The fraction of sp³-hybridized carbons (Fsp3) is 0.333. The van der Waals surface area contributed by atoms with E-state index < -0.39 is 0 Å². The normalized spacial score (nSPS) is 22.6. The van der Waals surface area contributed by atoms with E-state index in [9.17, 15) is 4.79 Å². The van der Waals surface area contributed by atoms with Gasteiger partial charge in [-0.25, -0.2) is 0 Å². The van der Waals surface area contributed by atoms with E-state index in [4.69, 9.17) is 5.73 Å². The van der Waals surface area contributed by atoms with Gasteiger partial charge in [0, 0.05) is 23.8 Å². The average molecular weight is 255 g/mol. The highest BCUT2D eigenvalue weighted by atomic mass is 16.1. The first kappa shape index (κ1) is 12.1. The van der Waals surface area contributed by atoms with Crippen molar-refractivity contribution in [3.05, 3.63) is 36.7 Å². The van der Waals surface area contributed by atoms with Crippen LogP contribution in [0.5, 0.6) is 0 Å². The first-order chi connectivity index (χ1) is 9.25. The first-order valence-corrected chi connectivity index (χ1v) is 6.65. The minimum atomic E-state index is -0.0630. The molecule has 2 atom stereocenters. The van der Waals surface area contributed by atoms with Crippen LogP contribution in [-0.2, 0) is 4.79 Å². The van der Waals surface area contributed by atoms with E-state index in [1.165, 1.54) is 0 Å². The maximum Gasteiger partial charge on any atom is 0.229 e. The van der Waals surface area contributed by atoms with E-state index in [0.29, 0.717) is 0 Å². The molecule has 0 aliphatic heterocycles. The number of anilines is 1. The number of fused-ring (bicyclic) bond motifs is 1. The molecule has 1 aliphatic rings. The minimum absolute atomic E-state index is 0.00639. The number of pyridine rings is 1. The van der Waals surface area contributed by atoms with E-state index in [0.717, 1.165) is 35.7 Å². The number of rotatable bonds is 2. The number of benzene rings is 1. The third-order valence-electron chi connectivity index (χ3n) is 3.85. The van der Waals surface area contributed by atoms with Crippen molar-refractivity contribution in [2.24, 2.45) is 11.7 Å². The molecule has 3 N–H and O–H groups in total. The molecule has 0 bridgehead atoms. The number of hydrogen-bond acceptors (Lipinski definition) is 3. The Morgan fingerprint density at radius 2 is 2.21 bits per heavy atom. The molecule has 19 heavy (non-hydrogen) atoms. The molecule has 1 amide bonds. The molecule has 4 heteroatoms. The highest BCUT2D eigenvalue weighted by Crippen LogP contribution is 2.27. The molecule has 1 aromatic heterocycles. The van der Waals surface area contributed by atoms with E-state index in [2.05, 4.69) is 10.3 Å². The Kier molecular flexibility index (Phi) is 3.17. The number of nitrogens with one attached hydrogen (secondary N) is 1. The van der Waals surface area contributed by atoms with Crippen molar-refractivity contribution in [3.63, 3.8) is 0 Å². The zero-order valence-corrected chi connectivity index (χ0v) is 10.7. The predicted molar refractivity (Wildman–Crippen MR) is 75.7 cm³/mol. The highest BCUT2D eigenvalue weighted by Gasteiger charge is 2.30. The summed E-state index contributed by atoms with van der Waals surface area (Å²) in [4.78, 5) is 16.4. The summed E-state index contributed by atoms with van der Waals surface area (Å²) in [5, 5.41) is 5.03. The lowest BCUT2D eigenvalue weighted by molar-refractivity contribution is -0.120. The molecule has 1 aliphatic carbocycles. The molecule has 2 unspecified atom stereocenters. The van der Waals surface area contributed by atoms with Crippen LogP contribution in [0, 0.1) is 5.92 Å². The molecule has 1 aromatic carbocycles. The Bertz CT molecular complexity index is 606. The monoisotopic (exact) mass is 255 g/mol. The second kappa shape index (κ2) is 4.97. The molecule has 3 rings (SSSR count). The quantitative estimate of drug-likeness (QED) is 0.865. The molecular formula is C15H17N3O. The van der Waals surface area contributed by atoms with E-state index in [-0.39, 0.29) is 17.9 Å². The van der Waals surface area contributed by atoms with Gasteiger partial charge in [-0.15, -0.1) is 0 Å². The van der Waals surface area contributed by atoms with Gasteiger partial charge in [0.25, 0.3) is 0 Å². The molecule has 4 nitrogen and oxygen atoms in total. The molecule has 1 fully saturated rings. The second-order valence-electron chi connectivity index (χ2n) is 5.09. The summed E-state index contributed by atoms with van der Waals surface area (Å²) in [6, 6.07) is 7.78. The lowest BCUT2D eigenvalue weighted by atomic mass is 10.0. The number of nitrogens with zero attached hydrogens (tertiary/aromatic N) is 1. The number of carbonyl (C=O) groups is 1. The molecule has 2 aromatic rings. The number of carbonyl (C=O) groups excluding carboxylic acids is 1. The van der Waals surface area contributed by atoms with E-state index >= 15 is 0 Å². The molecule has 1 saturated carbocycles. The van der Waals surface area contributed by atoms with Gasteiger partial charge in [0.15, 0.2) is 0 Å². The Morgan fingerprint density at radius 3 is 3.00 bits per heavy atom. The number of amides is 1. The Labute approximate surface area is 112 Å². The third-order valence-corrected chi connectivity index (χ3v) is 3.85. The molecule has 98 valence electrons. The molecule has 0 saturated heterocycles. The summed E-state index contributed by atoms with van der Waals surface area (Å²) in [6.07, 6.45) is 6.39. The highest BCUT2D eigenvalue weighted by molar-refractivity contribution is 6.02. The standard InChI is InChI=1S/C15H17N3O/c16-13-5-2-4-11(13)15(19)18-14-6-1-3-10-7-8-17-9-12(10)14/h1,3,6-9,11,13H,2,4-5,16H2,(H,18,19). The van der Waals surface area contributed by atoms with Crippen molar-refractivity contribution >= 4 is 22.4 Å². The number of aromatic nitrogens is 1. The van der Waals surface area contributed by atoms with Crippen molar-refractivity contribution in [3.8, 4) is 0 Å². The maximum absolute atomic E-state index is 12.3. The van der Waals surface area contributed by atoms with Crippen LogP contribution in [-0.4, -0.2) is 16.9 Å². The SMILES string of the molecule is NC1CCCC1C(=O)Nc1cccc2ccncc12. The number of nitrogens with two attached hydrogens (primary N) is 1. The molecule has 0 spiro atoms. The van der Waals surface area contributed by atoms with Crippen LogP contribution in [0.1, 0.15) is 19.3 Å². The summed E-state index contributed by atoms with van der Waals surface area (Å²) < 4.78 is 0. The Balaban J connectivity index is 1.87. The average Bonchev–Trinajstić information content (AvgIpc) is 2.85. The fourth-order valence-corrected chi connectivity index (χ4v) is 2.76. The largest absolute Gasteiger partial charge is 0.327 e. The van der Waals surface area contributed by atoms with Crippen molar-refractivity contribution in [2.75, 3.05) is 5.32 Å². The summed E-state index contributed by atoms with van der Waals surface area (Å²) in [5.41, 5.74) is 6.79. The van der Waals surface area contributed by atoms with Crippen molar-refractivity contribution in [2.45, 2.75) is 25.3 Å². The minimum Gasteiger partial charge on any atom is -0.327 e. The van der Waals surface area contributed by atoms with Gasteiger partial charge in [-0.05, 0) is 30.4 Å². The van der Waals surface area contributed by atoms with Crippen LogP contribution in [0.25, 0.3) is 10.8 Å². The van der Waals surface area contributed by atoms with Crippen molar-refractivity contribution < 1.29 is 4.79 Å². The zero-order valence-electron chi connectivity index (χ0n) is 10.7. The van der Waals surface area contributed by atoms with Gasteiger partial charge >= 0.3 is 0 Å². The maximum atomic E-state index is 12.3. The predicted octanol–water partition coefficient (Wildman–Crippen LogP) is 2.30. The smallest absolute Gasteiger partial charge is 0.229 e. The topological polar surface area (TPSA) is 68.0 Å². The lowest BCUT2D eigenvalue weighted by Gasteiger charge is -2.16. The Hall–Kier alpha value is -1.94. The second-order valence-corrected chi connectivity index (χ2v) is 5.09. The van der Waals surface area contributed by atoms with Crippen LogP contribution in [0.4, 0.5) is 5.69 Å². The summed E-state index contributed by atoms with van der Waals surface area (Å²) >= 11 is 0. The van der Waals surface area contributed by atoms with Crippen LogP contribution < -0.4 is 11.1 Å². The Morgan fingerprint density at radius 1 is 1.32 bits per heavy atom. The van der Waals surface area contributed by atoms with E-state index in [1.54, 1.807) is 12.4 Å². The molecule has 0 radical (unpaired) electrons. The summed E-state index contributed by atoms with van der Waals surface area (Å²) in [5.74, 6) is -0.0340. The fourth-order valence-electron chi connectivity index (χ4n) is 2.76. The van der Waals surface area contributed by atoms with Gasteiger partial charge in [0.1, 0.15) is 0 Å². The van der Waals surface area contributed by atoms with Crippen LogP contribution in [0.15, 0.2) is 36.7 Å². The zero-order chi connectivity index (χ0) is 13.2. The summed E-state index contributed by atoms with van der Waals surface area (Å²) in [7, 11) is 0. The van der Waals surface area contributed by atoms with E-state index in [1.807, 2.05) is 24.3 Å². The van der Waals surface area contributed by atoms with Gasteiger partial charge in [-0.2, -0.15) is 0 Å². The lowest BCUT2D eigenvalue weighted by Crippen LogP contribution is -2.34. The van der Waals surface area contributed by atoms with Gasteiger partial charge in [-0.1, -0.05) is 18.6 Å². The molecule has 1 heterocycles. The third kappa shape index (κ3) is 2.31. The first-order valence-electron chi connectivity index (χ1n) is 6.65. The molecular weight excluding hydrogens is 238 g/mol. The summed E-state index contributed by atoms with van der Waals surface area (Å²) in [6.45, 7) is 0. The van der Waals surface area contributed by atoms with Gasteiger partial charge < -0.3 is 11.1 Å². The van der Waals surface area contributed by atoms with Gasteiger partial charge in [-0.3, -0.25) is 9.78 Å². The van der Waals surface area contributed by atoms with Crippen molar-refractivity contribution in [1.82, 2.24) is 4.98 Å². The van der Waals surface area contributed by atoms with Gasteiger partial charge in [0.2, 0.25) is 5.91 Å².